The van der Waals surface area contributed by atoms with Gasteiger partial charge in [0.1, 0.15) is 17.1 Å². The molecule has 0 amide bonds. The summed E-state index contributed by atoms with van der Waals surface area (Å²) < 4.78 is 32.3. The molecule has 1 unspecified atom stereocenters. The molecule has 1 aliphatic carbocycles. The molecule has 1 fully saturated rings. The van der Waals surface area contributed by atoms with Gasteiger partial charge in [-0.1, -0.05) is 67.4 Å². The van der Waals surface area contributed by atoms with Crippen LogP contribution >= 0.6 is 9.24 Å². The SMILES string of the molecule is O=S(=O)(c1ccc(P)cc1)C1(c2ccc(OCc3ccccc3)cc2)CCCC1. The van der Waals surface area contributed by atoms with Crippen molar-refractivity contribution in [3.63, 3.8) is 0 Å². The van der Waals surface area contributed by atoms with E-state index in [0.717, 1.165) is 35.0 Å². The summed E-state index contributed by atoms with van der Waals surface area (Å²) >= 11 is 0. The molecule has 3 nitrogen and oxygen atoms in total. The molecule has 29 heavy (non-hydrogen) atoms. The van der Waals surface area contributed by atoms with E-state index in [0.29, 0.717) is 24.3 Å². The number of hydrogen-bond donors (Lipinski definition) is 0. The van der Waals surface area contributed by atoms with Gasteiger partial charge in [0.05, 0.1) is 4.90 Å². The predicted molar refractivity (Wildman–Crippen MR) is 120 cm³/mol. The molecule has 3 aromatic carbocycles. The van der Waals surface area contributed by atoms with Crippen LogP contribution in [-0.4, -0.2) is 8.42 Å². The van der Waals surface area contributed by atoms with Crippen LogP contribution < -0.4 is 10.0 Å². The minimum absolute atomic E-state index is 0.398. The van der Waals surface area contributed by atoms with E-state index in [1.807, 2.05) is 66.7 Å². The van der Waals surface area contributed by atoms with Crippen LogP contribution in [0.2, 0.25) is 0 Å². The summed E-state index contributed by atoms with van der Waals surface area (Å²) in [5.41, 5.74) is 1.96. The normalized spacial score (nSPS) is 15.9. The maximum atomic E-state index is 13.6. The monoisotopic (exact) mass is 424 g/mol. The van der Waals surface area contributed by atoms with E-state index < -0.39 is 14.6 Å². The summed E-state index contributed by atoms with van der Waals surface area (Å²) in [5, 5.41) is 0.976. The summed E-state index contributed by atoms with van der Waals surface area (Å²) in [5.74, 6) is 0.746. The number of ether oxygens (including phenoxy) is 1. The van der Waals surface area contributed by atoms with Crippen LogP contribution in [0, 0.1) is 0 Å². The number of rotatable bonds is 6. The molecule has 0 aliphatic heterocycles. The van der Waals surface area contributed by atoms with Crippen LogP contribution in [0.15, 0.2) is 83.8 Å². The second-order valence-electron chi connectivity index (χ2n) is 7.57. The van der Waals surface area contributed by atoms with Crippen LogP contribution in [0.25, 0.3) is 0 Å². The van der Waals surface area contributed by atoms with E-state index in [1.54, 1.807) is 12.1 Å². The molecule has 0 heterocycles. The second kappa shape index (κ2) is 8.30. The van der Waals surface area contributed by atoms with Crippen molar-refractivity contribution in [1.82, 2.24) is 0 Å². The number of benzene rings is 3. The van der Waals surface area contributed by atoms with Crippen molar-refractivity contribution in [3.05, 3.63) is 90.0 Å². The fraction of sp³-hybridized carbons (Fsp3) is 0.250. The Morgan fingerprint density at radius 1 is 0.828 bits per heavy atom. The molecule has 1 atom stereocenters. The van der Waals surface area contributed by atoms with E-state index >= 15 is 0 Å². The second-order valence-corrected chi connectivity index (χ2v) is 10.5. The van der Waals surface area contributed by atoms with Gasteiger partial charge in [-0.15, -0.1) is 9.24 Å². The molecular weight excluding hydrogens is 399 g/mol. The highest BCUT2D eigenvalue weighted by Crippen LogP contribution is 2.48. The molecule has 0 bridgehead atoms. The topological polar surface area (TPSA) is 43.4 Å². The molecule has 0 N–H and O–H groups in total. The Morgan fingerprint density at radius 3 is 2.07 bits per heavy atom. The average Bonchev–Trinajstić information content (AvgIpc) is 3.26. The Labute approximate surface area is 175 Å². The third-order valence-corrected chi connectivity index (χ3v) is 8.70. The van der Waals surface area contributed by atoms with Crippen LogP contribution in [0.5, 0.6) is 5.75 Å². The van der Waals surface area contributed by atoms with Gasteiger partial charge in [-0.05, 0) is 53.5 Å². The Kier molecular flexibility index (Phi) is 5.76. The lowest BCUT2D eigenvalue weighted by Gasteiger charge is -2.30. The molecule has 0 radical (unpaired) electrons. The van der Waals surface area contributed by atoms with Gasteiger partial charge in [0, 0.05) is 0 Å². The highest BCUT2D eigenvalue weighted by atomic mass is 32.2. The zero-order chi connectivity index (χ0) is 20.3. The Hall–Kier alpha value is -2.16. The van der Waals surface area contributed by atoms with Crippen molar-refractivity contribution in [2.75, 3.05) is 0 Å². The van der Waals surface area contributed by atoms with Crippen molar-refractivity contribution < 1.29 is 13.2 Å². The fourth-order valence-electron chi connectivity index (χ4n) is 4.13. The summed E-state index contributed by atoms with van der Waals surface area (Å²) in [7, 11) is -0.891. The summed E-state index contributed by atoms with van der Waals surface area (Å²) in [6, 6.07) is 24.7. The first-order chi connectivity index (χ1) is 14.0. The minimum atomic E-state index is -3.49. The first-order valence-corrected chi connectivity index (χ1v) is 11.9. The Bertz CT molecular complexity index is 1050. The molecular formula is C24H25O3PS. The molecule has 5 heteroatoms. The van der Waals surface area contributed by atoms with Gasteiger partial charge < -0.3 is 4.74 Å². The Balaban J connectivity index is 1.61. The maximum Gasteiger partial charge on any atom is 0.188 e. The largest absolute Gasteiger partial charge is 0.489 e. The van der Waals surface area contributed by atoms with Gasteiger partial charge in [0.15, 0.2) is 9.84 Å². The van der Waals surface area contributed by atoms with E-state index in [-0.39, 0.29) is 0 Å². The lowest BCUT2D eigenvalue weighted by molar-refractivity contribution is 0.306. The van der Waals surface area contributed by atoms with Crippen molar-refractivity contribution >= 4 is 24.4 Å². The molecule has 150 valence electrons. The average molecular weight is 425 g/mol. The summed E-state index contributed by atoms with van der Waals surface area (Å²) in [4.78, 5) is 0.398. The third kappa shape index (κ3) is 3.97. The zero-order valence-corrected chi connectivity index (χ0v) is 18.2. The summed E-state index contributed by atoms with van der Waals surface area (Å²) in [6.45, 7) is 0.491. The van der Waals surface area contributed by atoms with E-state index in [9.17, 15) is 8.42 Å². The van der Waals surface area contributed by atoms with Gasteiger partial charge in [-0.3, -0.25) is 0 Å². The molecule has 0 aromatic heterocycles. The molecule has 4 rings (SSSR count). The van der Waals surface area contributed by atoms with E-state index in [1.165, 1.54) is 0 Å². The maximum absolute atomic E-state index is 13.6. The first-order valence-electron chi connectivity index (χ1n) is 9.89. The quantitative estimate of drug-likeness (QED) is 0.523. The van der Waals surface area contributed by atoms with Crippen molar-refractivity contribution in [2.45, 2.75) is 41.9 Å². The minimum Gasteiger partial charge on any atom is -0.489 e. The van der Waals surface area contributed by atoms with Crippen LogP contribution in [0.1, 0.15) is 36.8 Å². The third-order valence-electron chi connectivity index (χ3n) is 5.74. The smallest absolute Gasteiger partial charge is 0.188 e. The number of hydrogen-bond acceptors (Lipinski definition) is 3. The van der Waals surface area contributed by atoms with Gasteiger partial charge in [0.25, 0.3) is 0 Å². The van der Waals surface area contributed by atoms with Gasteiger partial charge in [-0.2, -0.15) is 0 Å². The number of sulfone groups is 1. The van der Waals surface area contributed by atoms with Gasteiger partial charge >= 0.3 is 0 Å². The van der Waals surface area contributed by atoms with Crippen molar-refractivity contribution in [1.29, 1.82) is 0 Å². The van der Waals surface area contributed by atoms with E-state index in [2.05, 4.69) is 9.24 Å². The van der Waals surface area contributed by atoms with Crippen LogP contribution in [0.3, 0.4) is 0 Å². The summed E-state index contributed by atoms with van der Waals surface area (Å²) in [6.07, 6.45) is 3.16. The van der Waals surface area contributed by atoms with Gasteiger partial charge in [-0.25, -0.2) is 8.42 Å². The molecule has 1 aliphatic rings. The fourth-order valence-corrected chi connectivity index (χ4v) is 6.54. The van der Waals surface area contributed by atoms with Gasteiger partial charge in [0.2, 0.25) is 0 Å². The first kappa shape index (κ1) is 20.1. The molecule has 3 aromatic rings. The zero-order valence-electron chi connectivity index (χ0n) is 16.3. The molecule has 0 saturated heterocycles. The lowest BCUT2D eigenvalue weighted by atomic mass is 9.96. The highest BCUT2D eigenvalue weighted by Gasteiger charge is 2.48. The predicted octanol–water partition coefficient (Wildman–Crippen LogP) is 5.01. The lowest BCUT2D eigenvalue weighted by Crippen LogP contribution is -2.33. The molecule has 0 spiro atoms. The highest BCUT2D eigenvalue weighted by molar-refractivity contribution is 7.92. The molecule has 1 saturated carbocycles. The van der Waals surface area contributed by atoms with E-state index in [4.69, 9.17) is 4.74 Å². The van der Waals surface area contributed by atoms with Crippen molar-refractivity contribution in [3.8, 4) is 5.75 Å². The Morgan fingerprint density at radius 2 is 1.45 bits per heavy atom. The van der Waals surface area contributed by atoms with Crippen LogP contribution in [0.4, 0.5) is 0 Å². The van der Waals surface area contributed by atoms with Crippen LogP contribution in [-0.2, 0) is 21.2 Å². The standard InChI is InChI=1S/C24H25O3PS/c25-29(26,23-14-12-22(28)13-15-23)24(16-4-5-17-24)20-8-10-21(11-9-20)27-18-19-6-2-1-3-7-19/h1-3,6-15H,4-5,16-18,28H2. The van der Waals surface area contributed by atoms with Crippen molar-refractivity contribution in [2.24, 2.45) is 0 Å².